The van der Waals surface area contributed by atoms with E-state index in [4.69, 9.17) is 9.48 Å². The van der Waals surface area contributed by atoms with Crippen molar-refractivity contribution in [1.29, 1.82) is 0 Å². The molecule has 1 aromatic heterocycles. The van der Waals surface area contributed by atoms with E-state index in [0.717, 1.165) is 20.5 Å². The van der Waals surface area contributed by atoms with Gasteiger partial charge in [-0.1, -0.05) is 91.0 Å². The van der Waals surface area contributed by atoms with Crippen LogP contribution in [0.5, 0.6) is 0 Å². The molecule has 0 aliphatic heterocycles. The number of carbonyl (C=O) groups excluding carboxylic acids is 1. The molecule has 0 bridgehead atoms. The predicted octanol–water partition coefficient (Wildman–Crippen LogP) is 3.46. The zero-order valence-electron chi connectivity index (χ0n) is 20.7. The Bertz CT molecular complexity index is 1450. The zero-order valence-corrected chi connectivity index (χ0v) is 21.6. The fourth-order valence-electron chi connectivity index (χ4n) is 4.10. The molecule has 0 unspecified atom stereocenters. The van der Waals surface area contributed by atoms with Crippen LogP contribution in [0, 0.1) is 0 Å². The number of hydrogen-bond acceptors (Lipinski definition) is 5. The van der Waals surface area contributed by atoms with Gasteiger partial charge in [-0.25, -0.2) is 14.3 Å². The summed E-state index contributed by atoms with van der Waals surface area (Å²) in [6.45, 7) is 3.41. The molecule has 0 fully saturated rings. The molecule has 1 heterocycles. The third kappa shape index (κ3) is 4.50. The highest BCUT2D eigenvalue weighted by atomic mass is 31.2. The van der Waals surface area contributed by atoms with Crippen molar-refractivity contribution in [2.45, 2.75) is 20.0 Å². The number of esters is 1. The minimum absolute atomic E-state index is 0.00126. The van der Waals surface area contributed by atoms with Gasteiger partial charge in [0.15, 0.2) is 11.4 Å². The Morgan fingerprint density at radius 3 is 1.56 bits per heavy atom. The van der Waals surface area contributed by atoms with E-state index in [2.05, 4.69) is 0 Å². The van der Waals surface area contributed by atoms with Crippen molar-refractivity contribution in [2.75, 3.05) is 0 Å². The molecule has 36 heavy (non-hydrogen) atoms. The summed E-state index contributed by atoms with van der Waals surface area (Å²) in [5.74, 6) is -0.814. The molecule has 0 atom stereocenters. The van der Waals surface area contributed by atoms with Crippen LogP contribution >= 0.6 is 7.05 Å². The fraction of sp³-hybridized carbons (Fsp3) is 0.179. The first kappa shape index (κ1) is 25.1. The smallest absolute Gasteiger partial charge is 0.347 e. The van der Waals surface area contributed by atoms with Crippen molar-refractivity contribution in [3.05, 3.63) is 117 Å². The first-order valence-corrected chi connectivity index (χ1v) is 13.3. The number of hydrogen-bond donors (Lipinski definition) is 0. The van der Waals surface area contributed by atoms with Crippen molar-refractivity contribution >= 4 is 34.8 Å². The molecule has 0 spiro atoms. The number of benzene rings is 3. The van der Waals surface area contributed by atoms with Gasteiger partial charge in [0.05, 0.1) is 13.2 Å². The van der Waals surface area contributed by atoms with Gasteiger partial charge in [0, 0.05) is 30.0 Å². The van der Waals surface area contributed by atoms with Crippen LogP contribution < -0.4 is 27.2 Å². The van der Waals surface area contributed by atoms with E-state index in [-0.39, 0.29) is 11.4 Å². The molecule has 0 saturated heterocycles. The molecule has 8 heteroatoms. The molecule has 4 rings (SSSR count). The lowest BCUT2D eigenvalue weighted by Crippen LogP contribution is -2.40. The van der Waals surface area contributed by atoms with E-state index in [0.29, 0.717) is 0 Å². The van der Waals surface area contributed by atoms with Gasteiger partial charge in [0.1, 0.15) is 0 Å². The topological polar surface area (TPSA) is 82.7 Å². The summed E-state index contributed by atoms with van der Waals surface area (Å²) in [6.07, 6.45) is -0.454. The van der Waals surface area contributed by atoms with Gasteiger partial charge in [-0.15, -0.1) is 0 Å². The Kier molecular flexibility index (Phi) is 7.22. The number of ether oxygens (including phenoxy) is 1. The van der Waals surface area contributed by atoms with Crippen molar-refractivity contribution in [3.63, 3.8) is 0 Å². The summed E-state index contributed by atoms with van der Waals surface area (Å²) in [5, 5.41) is 2.75. The monoisotopic (exact) mass is 501 g/mol. The minimum Gasteiger partial charge on any atom is -0.459 e. The third-order valence-corrected chi connectivity index (χ3v) is 9.44. The molecule has 0 radical (unpaired) electrons. The zero-order chi connectivity index (χ0) is 25.9. The Balaban J connectivity index is 2.26. The Morgan fingerprint density at radius 2 is 1.17 bits per heavy atom. The molecule has 0 N–H and O–H groups in total. The van der Waals surface area contributed by atoms with Gasteiger partial charge in [0.2, 0.25) is 0 Å². The van der Waals surface area contributed by atoms with Gasteiger partial charge < -0.3 is 4.74 Å². The molecule has 184 valence electrons. The van der Waals surface area contributed by atoms with Crippen LogP contribution in [0.25, 0.3) is 0 Å². The van der Waals surface area contributed by atoms with Crippen molar-refractivity contribution < 1.29 is 9.53 Å². The second-order valence-electron chi connectivity index (χ2n) is 8.60. The summed E-state index contributed by atoms with van der Waals surface area (Å²) in [6, 6.07) is 29.3. The van der Waals surface area contributed by atoms with Gasteiger partial charge in [0.25, 0.3) is 5.56 Å². The van der Waals surface area contributed by atoms with Crippen LogP contribution in [0.15, 0.2) is 105 Å². The molecule has 0 amide bonds. The third-order valence-electron chi connectivity index (χ3n) is 5.81. The van der Waals surface area contributed by atoms with E-state index < -0.39 is 30.4 Å². The molecule has 0 saturated carbocycles. The second-order valence-corrected chi connectivity index (χ2v) is 11.6. The van der Waals surface area contributed by atoms with Crippen LogP contribution in [0.3, 0.4) is 0 Å². The second kappa shape index (κ2) is 10.3. The molecule has 3 aromatic carbocycles. The lowest BCUT2D eigenvalue weighted by Gasteiger charge is -2.27. The van der Waals surface area contributed by atoms with E-state index in [1.807, 2.05) is 91.0 Å². The van der Waals surface area contributed by atoms with Gasteiger partial charge in [-0.2, -0.15) is 0 Å². The number of aromatic nitrogens is 2. The van der Waals surface area contributed by atoms with E-state index in [9.17, 15) is 14.4 Å². The van der Waals surface area contributed by atoms with Crippen LogP contribution in [-0.2, 0) is 18.8 Å². The lowest BCUT2D eigenvalue weighted by molar-refractivity contribution is 0.0375. The molecule has 0 aliphatic rings. The van der Waals surface area contributed by atoms with Crippen LogP contribution in [-0.4, -0.2) is 21.2 Å². The predicted molar refractivity (Wildman–Crippen MR) is 145 cm³/mol. The molecule has 7 nitrogen and oxygen atoms in total. The standard InChI is InChI=1S/C28H28N3O4P/c1-20(2)35-27(33)24-25(30(3)28(34)31(4)26(24)32)29-36(21-14-8-5-9-15-21,22-16-10-6-11-17-22)23-18-12-7-13-19-23/h5-20H,1-4H3. The normalized spacial score (nSPS) is 11.4. The Morgan fingerprint density at radius 1 is 0.750 bits per heavy atom. The highest BCUT2D eigenvalue weighted by Gasteiger charge is 2.31. The van der Waals surface area contributed by atoms with Crippen LogP contribution in [0.2, 0.25) is 0 Å². The SMILES string of the molecule is CC(C)OC(=O)c1c(N=P(c2ccccc2)(c2ccccc2)c2ccccc2)n(C)c(=O)n(C)c1=O. The summed E-state index contributed by atoms with van der Waals surface area (Å²) in [5.41, 5.74) is -1.58. The van der Waals surface area contributed by atoms with E-state index in [1.165, 1.54) is 18.7 Å². The summed E-state index contributed by atoms with van der Waals surface area (Å²) in [4.78, 5) is 39.5. The van der Waals surface area contributed by atoms with Gasteiger partial charge in [-0.3, -0.25) is 13.9 Å². The van der Waals surface area contributed by atoms with Gasteiger partial charge in [-0.05, 0) is 13.8 Å². The van der Waals surface area contributed by atoms with Crippen LogP contribution in [0.1, 0.15) is 24.2 Å². The average Bonchev–Trinajstić information content (AvgIpc) is 2.90. The first-order chi connectivity index (χ1) is 17.3. The lowest BCUT2D eigenvalue weighted by atomic mass is 10.3. The molecular formula is C28H28N3O4P. The highest BCUT2D eigenvalue weighted by Crippen LogP contribution is 2.49. The van der Waals surface area contributed by atoms with Crippen LogP contribution in [0.4, 0.5) is 5.82 Å². The molecule has 4 aromatic rings. The number of nitrogens with zero attached hydrogens (tertiary/aromatic N) is 3. The number of carbonyl (C=O) groups is 1. The van der Waals surface area contributed by atoms with Crippen molar-refractivity contribution in [3.8, 4) is 0 Å². The Labute approximate surface area is 209 Å². The minimum atomic E-state index is -2.85. The fourth-order valence-corrected chi connectivity index (χ4v) is 7.67. The maximum Gasteiger partial charge on any atom is 0.347 e. The van der Waals surface area contributed by atoms with Crippen molar-refractivity contribution in [1.82, 2.24) is 9.13 Å². The van der Waals surface area contributed by atoms with Crippen molar-refractivity contribution in [2.24, 2.45) is 18.8 Å². The maximum absolute atomic E-state index is 13.3. The highest BCUT2D eigenvalue weighted by molar-refractivity contribution is 7.87. The maximum atomic E-state index is 13.3. The average molecular weight is 502 g/mol. The van der Waals surface area contributed by atoms with Gasteiger partial charge >= 0.3 is 11.7 Å². The number of rotatable bonds is 6. The summed E-state index contributed by atoms with van der Waals surface area (Å²) in [7, 11) is 0.00974. The quantitative estimate of drug-likeness (QED) is 0.299. The summed E-state index contributed by atoms with van der Waals surface area (Å²) < 4.78 is 12.8. The molecular weight excluding hydrogens is 473 g/mol. The largest absolute Gasteiger partial charge is 0.459 e. The van der Waals surface area contributed by atoms with E-state index >= 15 is 0 Å². The Hall–Kier alpha value is -3.96. The first-order valence-electron chi connectivity index (χ1n) is 11.6. The van der Waals surface area contributed by atoms with E-state index in [1.54, 1.807) is 13.8 Å². The summed E-state index contributed by atoms with van der Waals surface area (Å²) >= 11 is 0. The molecule has 0 aliphatic carbocycles.